The highest BCUT2D eigenvalue weighted by Gasteiger charge is 2.29. The SMILES string of the molecule is C=C(/C=C\c1ccc2c(c1C)NC(c1ccc(-c3nc4c(c5c6c(c7c(c35)C=CCC7C)C=CCC6)CCC=C4)c3ccccc13)C=C2)C1=CC=CCC1. The molecule has 0 bridgehead atoms. The number of nitrogens with one attached hydrogen (secondary N) is 1. The first-order chi connectivity index (χ1) is 26.5. The molecule has 2 atom stereocenters. The zero-order valence-corrected chi connectivity index (χ0v) is 31.4. The minimum atomic E-state index is 0.0371. The van der Waals surface area contributed by atoms with Gasteiger partial charge < -0.3 is 5.32 Å². The van der Waals surface area contributed by atoms with E-state index in [9.17, 15) is 0 Å². The molecule has 5 aromatic rings. The summed E-state index contributed by atoms with van der Waals surface area (Å²) in [6.07, 6.45) is 37.3. The van der Waals surface area contributed by atoms with Crippen LogP contribution in [0.4, 0.5) is 5.69 Å². The molecule has 5 aliphatic rings. The molecule has 1 N–H and O–H groups in total. The zero-order valence-electron chi connectivity index (χ0n) is 31.4. The molecule has 10 rings (SSSR count). The van der Waals surface area contributed by atoms with E-state index >= 15 is 0 Å². The summed E-state index contributed by atoms with van der Waals surface area (Å²) in [5.41, 5.74) is 19.4. The quantitative estimate of drug-likeness (QED) is 0.185. The Hall–Kier alpha value is -5.73. The van der Waals surface area contributed by atoms with Crippen LogP contribution in [-0.2, 0) is 12.8 Å². The van der Waals surface area contributed by atoms with Gasteiger partial charge in [0.05, 0.1) is 17.4 Å². The Morgan fingerprint density at radius 3 is 2.50 bits per heavy atom. The first kappa shape index (κ1) is 32.9. The molecule has 54 heavy (non-hydrogen) atoms. The van der Waals surface area contributed by atoms with Gasteiger partial charge >= 0.3 is 0 Å². The summed E-state index contributed by atoms with van der Waals surface area (Å²) in [5.74, 6) is 0.478. The monoisotopic (exact) mass is 698 g/mol. The van der Waals surface area contributed by atoms with E-state index in [-0.39, 0.29) is 6.04 Å². The Morgan fingerprint density at radius 1 is 0.815 bits per heavy atom. The summed E-state index contributed by atoms with van der Waals surface area (Å²) < 4.78 is 0. The van der Waals surface area contributed by atoms with Crippen LogP contribution in [0, 0.1) is 6.92 Å². The Morgan fingerprint density at radius 2 is 1.63 bits per heavy atom. The molecule has 0 saturated heterocycles. The Balaban J connectivity index is 1.10. The van der Waals surface area contributed by atoms with Crippen molar-refractivity contribution >= 4 is 57.6 Å². The summed E-state index contributed by atoms with van der Waals surface area (Å²) in [4.78, 5) is 5.61. The summed E-state index contributed by atoms with van der Waals surface area (Å²) in [6.45, 7) is 9.01. The minimum Gasteiger partial charge on any atom is -0.374 e. The maximum absolute atomic E-state index is 5.61. The van der Waals surface area contributed by atoms with Gasteiger partial charge in [0, 0.05) is 16.6 Å². The highest BCUT2D eigenvalue weighted by atomic mass is 14.9. The number of rotatable bonds is 5. The van der Waals surface area contributed by atoms with E-state index in [2.05, 4.69) is 153 Å². The lowest BCUT2D eigenvalue weighted by Crippen LogP contribution is -2.14. The largest absolute Gasteiger partial charge is 0.374 e. The topological polar surface area (TPSA) is 24.9 Å². The number of fused-ring (bicyclic) bond motifs is 10. The van der Waals surface area contributed by atoms with E-state index in [1.54, 1.807) is 0 Å². The van der Waals surface area contributed by atoms with Crippen LogP contribution < -0.4 is 5.32 Å². The molecule has 2 heterocycles. The van der Waals surface area contributed by atoms with E-state index in [0.29, 0.717) is 5.92 Å². The maximum atomic E-state index is 5.61. The number of hydrogen-bond donors (Lipinski definition) is 1. The highest BCUT2D eigenvalue weighted by Crippen LogP contribution is 2.48. The molecular formula is C52H46N2. The van der Waals surface area contributed by atoms with Crippen LogP contribution in [0.15, 0.2) is 115 Å². The Labute approximate surface area is 319 Å². The van der Waals surface area contributed by atoms with Gasteiger partial charge in [-0.2, -0.15) is 0 Å². The smallest absolute Gasteiger partial charge is 0.0800 e. The lowest BCUT2D eigenvalue weighted by atomic mass is 9.75. The molecule has 2 unspecified atom stereocenters. The zero-order chi connectivity index (χ0) is 36.3. The van der Waals surface area contributed by atoms with E-state index in [1.165, 1.54) is 88.4 Å². The third-order valence-electron chi connectivity index (χ3n) is 12.5. The van der Waals surface area contributed by atoms with Gasteiger partial charge in [-0.3, -0.25) is 0 Å². The average Bonchev–Trinajstić information content (AvgIpc) is 3.22. The second-order valence-corrected chi connectivity index (χ2v) is 15.7. The molecule has 0 saturated carbocycles. The Bertz CT molecular complexity index is 2650. The molecule has 1 aliphatic heterocycles. The van der Waals surface area contributed by atoms with Crippen LogP contribution >= 0.6 is 0 Å². The number of aryl methyl sites for hydroxylation is 2. The normalized spacial score (nSPS) is 19.4. The molecule has 264 valence electrons. The number of aromatic nitrogens is 1. The molecular weight excluding hydrogens is 653 g/mol. The van der Waals surface area contributed by atoms with Gasteiger partial charge in [-0.25, -0.2) is 4.98 Å². The van der Waals surface area contributed by atoms with Crippen molar-refractivity contribution in [1.82, 2.24) is 4.98 Å². The predicted octanol–water partition coefficient (Wildman–Crippen LogP) is 13.8. The number of benzene rings is 4. The number of pyridine rings is 1. The Kier molecular flexibility index (Phi) is 8.09. The van der Waals surface area contributed by atoms with Crippen molar-refractivity contribution in [3.05, 3.63) is 171 Å². The van der Waals surface area contributed by atoms with Crippen molar-refractivity contribution in [3.63, 3.8) is 0 Å². The van der Waals surface area contributed by atoms with Crippen LogP contribution in [0.3, 0.4) is 0 Å². The maximum Gasteiger partial charge on any atom is 0.0800 e. The predicted molar refractivity (Wildman–Crippen MR) is 233 cm³/mol. The molecule has 0 fully saturated rings. The fraction of sp³-hybridized carbons (Fsp3) is 0.212. The lowest BCUT2D eigenvalue weighted by Gasteiger charge is -2.30. The van der Waals surface area contributed by atoms with Gasteiger partial charge in [0.15, 0.2) is 0 Å². The fourth-order valence-corrected chi connectivity index (χ4v) is 9.73. The number of allylic oxidation sites excluding steroid dienone is 9. The minimum absolute atomic E-state index is 0.0371. The van der Waals surface area contributed by atoms with Gasteiger partial charge in [-0.15, -0.1) is 0 Å². The molecule has 2 nitrogen and oxygen atoms in total. The van der Waals surface area contributed by atoms with Crippen LogP contribution in [0.25, 0.3) is 63.2 Å². The van der Waals surface area contributed by atoms with Crippen molar-refractivity contribution in [2.75, 3.05) is 5.32 Å². The van der Waals surface area contributed by atoms with Crippen molar-refractivity contribution in [2.24, 2.45) is 0 Å². The summed E-state index contributed by atoms with van der Waals surface area (Å²) in [7, 11) is 0. The number of hydrogen-bond acceptors (Lipinski definition) is 2. The van der Waals surface area contributed by atoms with Crippen molar-refractivity contribution in [1.29, 1.82) is 0 Å². The molecule has 0 amide bonds. The van der Waals surface area contributed by atoms with Gasteiger partial charge in [-0.1, -0.05) is 135 Å². The van der Waals surface area contributed by atoms with Gasteiger partial charge in [0.1, 0.15) is 0 Å². The average molecular weight is 699 g/mol. The van der Waals surface area contributed by atoms with Crippen LogP contribution in [0.2, 0.25) is 0 Å². The summed E-state index contributed by atoms with van der Waals surface area (Å²) in [5, 5.41) is 9.31. The molecule has 4 aromatic carbocycles. The summed E-state index contributed by atoms with van der Waals surface area (Å²) in [6, 6.07) is 18.2. The van der Waals surface area contributed by atoms with Gasteiger partial charge in [0.2, 0.25) is 0 Å². The van der Waals surface area contributed by atoms with E-state index in [0.717, 1.165) is 61.9 Å². The fourth-order valence-electron chi connectivity index (χ4n) is 9.73. The van der Waals surface area contributed by atoms with Crippen LogP contribution in [0.5, 0.6) is 0 Å². The first-order valence-electron chi connectivity index (χ1n) is 19.9. The van der Waals surface area contributed by atoms with Gasteiger partial charge in [0.25, 0.3) is 0 Å². The third-order valence-corrected chi connectivity index (χ3v) is 12.5. The van der Waals surface area contributed by atoms with E-state index in [4.69, 9.17) is 4.98 Å². The molecule has 0 spiro atoms. The van der Waals surface area contributed by atoms with Gasteiger partial charge in [-0.05, 0) is 141 Å². The van der Waals surface area contributed by atoms with Crippen molar-refractivity contribution in [2.45, 2.75) is 70.8 Å². The second-order valence-electron chi connectivity index (χ2n) is 15.7. The van der Waals surface area contributed by atoms with Crippen LogP contribution in [-0.4, -0.2) is 4.98 Å². The highest BCUT2D eigenvalue weighted by molar-refractivity contribution is 6.12. The number of anilines is 1. The number of nitrogens with zero attached hydrogens (tertiary/aromatic N) is 1. The molecule has 2 heteroatoms. The lowest BCUT2D eigenvalue weighted by molar-refractivity contribution is 0.767. The van der Waals surface area contributed by atoms with Crippen molar-refractivity contribution in [3.8, 4) is 11.3 Å². The van der Waals surface area contributed by atoms with Crippen molar-refractivity contribution < 1.29 is 0 Å². The third kappa shape index (κ3) is 5.34. The first-order valence-corrected chi connectivity index (χ1v) is 19.9. The molecule has 1 aromatic heterocycles. The molecule has 0 radical (unpaired) electrons. The van der Waals surface area contributed by atoms with E-state index in [1.807, 2.05) is 0 Å². The molecule has 4 aliphatic carbocycles. The second kappa shape index (κ2) is 13.3. The van der Waals surface area contributed by atoms with E-state index < -0.39 is 0 Å². The standard InChI is InChI=1S/C52H46N2/c1-32(35-15-5-4-6-16-35)24-25-36-26-27-37-28-31-47(53-51(37)34(36)3)40-29-30-43(39-18-8-7-17-38(39)40)52-50-45-22-13-14-33(2)48(45)41-19-9-10-20-42(41)49(50)44-21-11-12-23-46(44)54-52/h4-5,7-9,12-13,15,17-19,22-31,33,47,53H,1,6,10-11,14,16,20-21H2,2-3H3/b25-24-. The summed E-state index contributed by atoms with van der Waals surface area (Å²) >= 11 is 0. The van der Waals surface area contributed by atoms with Crippen LogP contribution in [0.1, 0.15) is 107 Å².